The van der Waals surface area contributed by atoms with Gasteiger partial charge in [-0.25, -0.2) is 0 Å². The van der Waals surface area contributed by atoms with Crippen molar-refractivity contribution in [2.75, 3.05) is 38.2 Å². The van der Waals surface area contributed by atoms with E-state index in [1.54, 1.807) is 7.11 Å². The summed E-state index contributed by atoms with van der Waals surface area (Å²) in [5.74, 6) is 3.14. The predicted octanol–water partition coefficient (Wildman–Crippen LogP) is 2.26. The number of H-pyrrole nitrogens is 1. The number of hydrogen-bond donors (Lipinski definition) is 2. The van der Waals surface area contributed by atoms with E-state index in [2.05, 4.69) is 9.88 Å². The maximum Gasteiger partial charge on any atom is 0.119 e. The van der Waals surface area contributed by atoms with Crippen LogP contribution < -0.4 is 4.74 Å². The van der Waals surface area contributed by atoms with Gasteiger partial charge in [0.1, 0.15) is 5.75 Å². The van der Waals surface area contributed by atoms with Gasteiger partial charge in [-0.05, 0) is 18.2 Å². The molecule has 20 heavy (non-hydrogen) atoms. The first kappa shape index (κ1) is 13.8. The average molecular weight is 292 g/mol. The fourth-order valence-electron chi connectivity index (χ4n) is 2.65. The Morgan fingerprint density at radius 3 is 2.95 bits per heavy atom. The Morgan fingerprint density at radius 1 is 1.40 bits per heavy atom. The summed E-state index contributed by atoms with van der Waals surface area (Å²) in [5.41, 5.74) is 1.99. The first-order valence-corrected chi connectivity index (χ1v) is 8.06. The zero-order valence-electron chi connectivity index (χ0n) is 11.6. The van der Waals surface area contributed by atoms with Crippen LogP contribution in [0, 0.1) is 0 Å². The minimum absolute atomic E-state index is 0.459. The van der Waals surface area contributed by atoms with Gasteiger partial charge in [0.05, 0.1) is 13.2 Å². The van der Waals surface area contributed by atoms with Crippen LogP contribution in [0.1, 0.15) is 11.7 Å². The topological polar surface area (TPSA) is 48.5 Å². The number of rotatable bonds is 4. The number of nitrogens with one attached hydrogen (secondary N) is 1. The van der Waals surface area contributed by atoms with Crippen LogP contribution in [-0.4, -0.2) is 53.2 Å². The highest BCUT2D eigenvalue weighted by Gasteiger charge is 2.18. The second kappa shape index (κ2) is 6.08. The van der Waals surface area contributed by atoms with Crippen LogP contribution >= 0.6 is 11.8 Å². The fraction of sp³-hybridized carbons (Fsp3) is 0.467. The van der Waals surface area contributed by atoms with E-state index in [9.17, 15) is 5.11 Å². The molecule has 3 rings (SSSR count). The lowest BCUT2D eigenvalue weighted by molar-refractivity contribution is 0.120. The third-order valence-electron chi connectivity index (χ3n) is 3.81. The van der Waals surface area contributed by atoms with E-state index in [4.69, 9.17) is 4.74 Å². The molecule has 1 atom stereocenters. The van der Waals surface area contributed by atoms with Crippen LogP contribution in [0.25, 0.3) is 10.9 Å². The number of fused-ring (bicyclic) bond motifs is 1. The van der Waals surface area contributed by atoms with Crippen molar-refractivity contribution in [3.63, 3.8) is 0 Å². The van der Waals surface area contributed by atoms with E-state index in [0.717, 1.165) is 46.8 Å². The molecule has 1 aromatic carbocycles. The number of methoxy groups -OCH3 is 1. The van der Waals surface area contributed by atoms with Crippen LogP contribution in [0.2, 0.25) is 0 Å². The standard InChI is InChI=1S/C15H20N2O2S/c1-19-11-2-3-14-12(8-11)13(9-16-14)15(18)10-17-4-6-20-7-5-17/h2-3,8-9,15-16,18H,4-7,10H2,1H3. The lowest BCUT2D eigenvalue weighted by Gasteiger charge is -2.28. The molecule has 1 aromatic heterocycles. The van der Waals surface area contributed by atoms with Gasteiger partial charge in [0.2, 0.25) is 0 Å². The van der Waals surface area contributed by atoms with E-state index in [1.807, 2.05) is 36.2 Å². The molecule has 0 aliphatic carbocycles. The van der Waals surface area contributed by atoms with E-state index >= 15 is 0 Å². The van der Waals surface area contributed by atoms with Gasteiger partial charge in [0, 0.05) is 53.8 Å². The molecule has 0 amide bonds. The maximum absolute atomic E-state index is 10.5. The highest BCUT2D eigenvalue weighted by atomic mass is 32.2. The smallest absolute Gasteiger partial charge is 0.119 e. The first-order valence-electron chi connectivity index (χ1n) is 6.91. The van der Waals surface area contributed by atoms with Gasteiger partial charge in [-0.15, -0.1) is 0 Å². The highest BCUT2D eigenvalue weighted by molar-refractivity contribution is 7.99. The van der Waals surface area contributed by atoms with Crippen molar-refractivity contribution < 1.29 is 9.84 Å². The van der Waals surface area contributed by atoms with Crippen molar-refractivity contribution in [3.8, 4) is 5.75 Å². The summed E-state index contributed by atoms with van der Waals surface area (Å²) in [4.78, 5) is 5.55. The highest BCUT2D eigenvalue weighted by Crippen LogP contribution is 2.28. The zero-order chi connectivity index (χ0) is 13.9. The number of thioether (sulfide) groups is 1. The minimum Gasteiger partial charge on any atom is -0.497 e. The van der Waals surface area contributed by atoms with Gasteiger partial charge in [-0.3, -0.25) is 4.90 Å². The third-order valence-corrected chi connectivity index (χ3v) is 4.76. The molecule has 1 fully saturated rings. The molecule has 1 aliphatic rings. The van der Waals surface area contributed by atoms with Crippen molar-refractivity contribution >= 4 is 22.7 Å². The predicted molar refractivity (Wildman–Crippen MR) is 83.6 cm³/mol. The second-order valence-corrected chi connectivity index (χ2v) is 6.31. The maximum atomic E-state index is 10.5. The minimum atomic E-state index is -0.459. The number of aliphatic hydroxyl groups excluding tert-OH is 1. The van der Waals surface area contributed by atoms with Crippen LogP contribution in [0.15, 0.2) is 24.4 Å². The summed E-state index contributed by atoms with van der Waals surface area (Å²) in [5, 5.41) is 11.6. The SMILES string of the molecule is COc1ccc2[nH]cc(C(O)CN3CCSCC3)c2c1. The molecule has 4 nitrogen and oxygen atoms in total. The summed E-state index contributed by atoms with van der Waals surface area (Å²) in [6, 6.07) is 5.90. The summed E-state index contributed by atoms with van der Waals surface area (Å²) in [7, 11) is 1.66. The molecule has 0 spiro atoms. The van der Waals surface area contributed by atoms with Gasteiger partial charge >= 0.3 is 0 Å². The number of nitrogens with zero attached hydrogens (tertiary/aromatic N) is 1. The number of ether oxygens (including phenoxy) is 1. The largest absolute Gasteiger partial charge is 0.497 e. The van der Waals surface area contributed by atoms with Gasteiger partial charge in [0.15, 0.2) is 0 Å². The lowest BCUT2D eigenvalue weighted by Crippen LogP contribution is -2.35. The fourth-order valence-corrected chi connectivity index (χ4v) is 3.63. The molecule has 0 radical (unpaired) electrons. The number of aromatic nitrogens is 1. The molecule has 2 N–H and O–H groups in total. The van der Waals surface area contributed by atoms with E-state index in [0.29, 0.717) is 6.54 Å². The van der Waals surface area contributed by atoms with Gasteiger partial charge in [0.25, 0.3) is 0 Å². The Balaban J connectivity index is 1.81. The number of hydrogen-bond acceptors (Lipinski definition) is 4. The molecule has 1 unspecified atom stereocenters. The summed E-state index contributed by atoms with van der Waals surface area (Å²) in [6.07, 6.45) is 1.45. The molecule has 5 heteroatoms. The average Bonchev–Trinajstić information content (AvgIpc) is 2.91. The Labute approximate surface area is 123 Å². The Bertz CT molecular complexity index is 578. The van der Waals surface area contributed by atoms with Crippen LogP contribution in [-0.2, 0) is 0 Å². The second-order valence-electron chi connectivity index (χ2n) is 5.08. The molecular weight excluding hydrogens is 272 g/mol. The molecule has 1 saturated heterocycles. The van der Waals surface area contributed by atoms with E-state index in [-0.39, 0.29) is 0 Å². The quantitative estimate of drug-likeness (QED) is 0.907. The molecule has 2 aromatic rings. The number of benzene rings is 1. The van der Waals surface area contributed by atoms with E-state index < -0.39 is 6.10 Å². The zero-order valence-corrected chi connectivity index (χ0v) is 12.4. The summed E-state index contributed by atoms with van der Waals surface area (Å²) in [6.45, 7) is 2.82. The lowest BCUT2D eigenvalue weighted by atomic mass is 10.1. The molecular formula is C15H20N2O2S. The number of β-amino-alcohol motifs (C(OH)–C–C–N with tert-alkyl or cyclic N) is 1. The normalized spacial score (nSPS) is 18.3. The Hall–Kier alpha value is -1.17. The summed E-state index contributed by atoms with van der Waals surface area (Å²) < 4.78 is 5.27. The molecule has 2 heterocycles. The third kappa shape index (κ3) is 2.80. The number of aliphatic hydroxyl groups is 1. The van der Waals surface area contributed by atoms with Gasteiger partial charge in [-0.2, -0.15) is 11.8 Å². The number of aromatic amines is 1. The Morgan fingerprint density at radius 2 is 2.20 bits per heavy atom. The van der Waals surface area contributed by atoms with Crippen molar-refractivity contribution in [2.24, 2.45) is 0 Å². The van der Waals surface area contributed by atoms with Crippen molar-refractivity contribution in [1.29, 1.82) is 0 Å². The molecule has 0 saturated carbocycles. The van der Waals surface area contributed by atoms with Crippen molar-refractivity contribution in [2.45, 2.75) is 6.10 Å². The van der Waals surface area contributed by atoms with E-state index in [1.165, 1.54) is 0 Å². The van der Waals surface area contributed by atoms with Crippen LogP contribution in [0.3, 0.4) is 0 Å². The van der Waals surface area contributed by atoms with Gasteiger partial charge in [-0.1, -0.05) is 0 Å². The van der Waals surface area contributed by atoms with Crippen LogP contribution in [0.4, 0.5) is 0 Å². The van der Waals surface area contributed by atoms with Crippen molar-refractivity contribution in [3.05, 3.63) is 30.0 Å². The Kier molecular flexibility index (Phi) is 4.19. The summed E-state index contributed by atoms with van der Waals surface area (Å²) >= 11 is 1.98. The van der Waals surface area contributed by atoms with Crippen LogP contribution in [0.5, 0.6) is 5.75 Å². The first-order chi connectivity index (χ1) is 9.78. The monoisotopic (exact) mass is 292 g/mol. The van der Waals surface area contributed by atoms with Crippen molar-refractivity contribution in [1.82, 2.24) is 9.88 Å². The molecule has 1 aliphatic heterocycles. The van der Waals surface area contributed by atoms with Gasteiger partial charge < -0.3 is 14.8 Å². The molecule has 0 bridgehead atoms. The molecule has 108 valence electrons.